The van der Waals surface area contributed by atoms with E-state index in [0.29, 0.717) is 30.2 Å². The second kappa shape index (κ2) is 8.71. The van der Waals surface area contributed by atoms with E-state index in [0.717, 1.165) is 25.7 Å². The molecule has 3 rings (SSSR count). The molecule has 0 aromatic heterocycles. The summed E-state index contributed by atoms with van der Waals surface area (Å²) in [6, 6.07) is 4.22. The topological polar surface area (TPSA) is 52.7 Å². The van der Waals surface area contributed by atoms with Crippen molar-refractivity contribution in [1.82, 2.24) is 15.1 Å². The molecule has 2 aliphatic rings. The van der Waals surface area contributed by atoms with Crippen molar-refractivity contribution >= 4 is 23.5 Å². The average molecular weight is 382 g/mol. The van der Waals surface area contributed by atoms with E-state index >= 15 is 0 Å². The lowest BCUT2D eigenvalue weighted by Crippen LogP contribution is -2.43. The van der Waals surface area contributed by atoms with Crippen LogP contribution in [0.1, 0.15) is 44.1 Å². The molecule has 0 unspecified atom stereocenters. The van der Waals surface area contributed by atoms with E-state index in [4.69, 9.17) is 11.6 Å². The van der Waals surface area contributed by atoms with E-state index < -0.39 is 5.82 Å². The Hall–Kier alpha value is -1.82. The van der Waals surface area contributed by atoms with Crippen LogP contribution in [0.3, 0.4) is 0 Å². The molecular formula is C19H25ClFN3O2. The summed E-state index contributed by atoms with van der Waals surface area (Å²) in [7, 11) is 0. The third-order valence-electron chi connectivity index (χ3n) is 5.11. The third-order valence-corrected chi connectivity index (χ3v) is 5.46. The van der Waals surface area contributed by atoms with Gasteiger partial charge in [0.1, 0.15) is 12.4 Å². The van der Waals surface area contributed by atoms with Gasteiger partial charge in [0.05, 0.1) is 0 Å². The normalized spacial score (nSPS) is 18.9. The van der Waals surface area contributed by atoms with Gasteiger partial charge >= 0.3 is 6.03 Å². The molecule has 0 spiro atoms. The quantitative estimate of drug-likeness (QED) is 0.793. The monoisotopic (exact) mass is 381 g/mol. The predicted octanol–water partition coefficient (Wildman–Crippen LogP) is 3.56. The molecule has 2 fully saturated rings. The third kappa shape index (κ3) is 4.87. The number of carbonyl (C=O) groups is 2. The standard InChI is InChI=1S/C19H25ClFN3O2/c20-17-11-15(21)8-7-14(17)12-23-9-10-24(19(23)26)13-18(25)22-16-5-3-1-2-4-6-16/h7-8,11,16H,1-6,9-10,12-13H2,(H,22,25). The Balaban J connectivity index is 1.51. The SMILES string of the molecule is O=C(CN1CCN(Cc2ccc(F)cc2Cl)C1=O)NC1CCCCCC1. The molecule has 1 aromatic rings. The summed E-state index contributed by atoms with van der Waals surface area (Å²) in [5.74, 6) is -0.491. The van der Waals surface area contributed by atoms with Crippen LogP contribution in [0.2, 0.25) is 5.02 Å². The summed E-state index contributed by atoms with van der Waals surface area (Å²) in [5, 5.41) is 3.38. The molecule has 0 radical (unpaired) electrons. The zero-order valence-electron chi connectivity index (χ0n) is 14.8. The van der Waals surface area contributed by atoms with Crippen molar-refractivity contribution in [2.75, 3.05) is 19.6 Å². The highest BCUT2D eigenvalue weighted by atomic mass is 35.5. The highest BCUT2D eigenvalue weighted by Crippen LogP contribution is 2.21. The van der Waals surface area contributed by atoms with Crippen LogP contribution in [0.4, 0.5) is 9.18 Å². The average Bonchev–Trinajstić information content (AvgIpc) is 2.79. The zero-order chi connectivity index (χ0) is 18.5. The minimum atomic E-state index is -0.400. The molecular weight excluding hydrogens is 357 g/mol. The first kappa shape index (κ1) is 19.0. The fourth-order valence-electron chi connectivity index (χ4n) is 3.65. The molecule has 142 valence electrons. The fourth-order valence-corrected chi connectivity index (χ4v) is 3.88. The van der Waals surface area contributed by atoms with Crippen LogP contribution in [-0.4, -0.2) is 47.4 Å². The van der Waals surface area contributed by atoms with Crippen molar-refractivity contribution in [1.29, 1.82) is 0 Å². The van der Waals surface area contributed by atoms with Crippen molar-refractivity contribution in [3.8, 4) is 0 Å². The maximum atomic E-state index is 13.1. The summed E-state index contributed by atoms with van der Waals surface area (Å²) >= 11 is 6.04. The molecule has 1 N–H and O–H groups in total. The van der Waals surface area contributed by atoms with Gasteiger partial charge in [-0.3, -0.25) is 4.79 Å². The summed E-state index contributed by atoms with van der Waals surface area (Å²) in [6.45, 7) is 1.45. The molecule has 0 atom stereocenters. The second-order valence-electron chi connectivity index (χ2n) is 7.12. The number of amides is 3. The van der Waals surface area contributed by atoms with Crippen LogP contribution in [0.15, 0.2) is 18.2 Å². The Bertz CT molecular complexity index is 662. The van der Waals surface area contributed by atoms with Crippen molar-refractivity contribution in [3.63, 3.8) is 0 Å². The smallest absolute Gasteiger partial charge is 0.320 e. The minimum absolute atomic E-state index is 0.0863. The van der Waals surface area contributed by atoms with Gasteiger partial charge in [0, 0.05) is 30.7 Å². The van der Waals surface area contributed by atoms with Crippen LogP contribution in [-0.2, 0) is 11.3 Å². The van der Waals surface area contributed by atoms with Gasteiger partial charge in [0.25, 0.3) is 0 Å². The van der Waals surface area contributed by atoms with Gasteiger partial charge in [0.2, 0.25) is 5.91 Å². The van der Waals surface area contributed by atoms with E-state index in [1.54, 1.807) is 15.9 Å². The first-order valence-corrected chi connectivity index (χ1v) is 9.68. The summed E-state index contributed by atoms with van der Waals surface area (Å²) in [5.41, 5.74) is 0.700. The molecule has 0 bridgehead atoms. The Morgan fingerprint density at radius 3 is 2.54 bits per heavy atom. The maximum Gasteiger partial charge on any atom is 0.320 e. The number of nitrogens with one attached hydrogen (secondary N) is 1. The van der Waals surface area contributed by atoms with Crippen LogP contribution in [0.5, 0.6) is 0 Å². The van der Waals surface area contributed by atoms with Crippen LogP contribution < -0.4 is 5.32 Å². The first-order valence-electron chi connectivity index (χ1n) is 9.30. The molecule has 1 heterocycles. The molecule has 5 nitrogen and oxygen atoms in total. The number of rotatable bonds is 5. The number of nitrogens with zero attached hydrogens (tertiary/aromatic N) is 2. The second-order valence-corrected chi connectivity index (χ2v) is 7.52. The molecule has 26 heavy (non-hydrogen) atoms. The van der Waals surface area contributed by atoms with Crippen molar-refractivity contribution < 1.29 is 14.0 Å². The van der Waals surface area contributed by atoms with E-state index in [9.17, 15) is 14.0 Å². The van der Waals surface area contributed by atoms with Crippen molar-refractivity contribution in [2.24, 2.45) is 0 Å². The Morgan fingerprint density at radius 2 is 1.85 bits per heavy atom. The number of carbonyl (C=O) groups excluding carboxylic acids is 2. The Morgan fingerprint density at radius 1 is 1.15 bits per heavy atom. The van der Waals surface area contributed by atoms with E-state index in [1.165, 1.54) is 25.0 Å². The van der Waals surface area contributed by atoms with Gasteiger partial charge in [0.15, 0.2) is 0 Å². The minimum Gasteiger partial charge on any atom is -0.352 e. The van der Waals surface area contributed by atoms with E-state index in [-0.39, 0.29) is 24.5 Å². The zero-order valence-corrected chi connectivity index (χ0v) is 15.6. The van der Waals surface area contributed by atoms with Gasteiger partial charge in [-0.05, 0) is 30.5 Å². The van der Waals surface area contributed by atoms with Crippen LogP contribution in [0.25, 0.3) is 0 Å². The number of urea groups is 1. The van der Waals surface area contributed by atoms with Gasteiger partial charge in [-0.2, -0.15) is 0 Å². The maximum absolute atomic E-state index is 13.1. The Kier molecular flexibility index (Phi) is 6.35. The predicted molar refractivity (Wildman–Crippen MR) is 98.4 cm³/mol. The van der Waals surface area contributed by atoms with Gasteiger partial charge in [-0.25, -0.2) is 9.18 Å². The fraction of sp³-hybridized carbons (Fsp3) is 0.579. The number of hydrogen-bond acceptors (Lipinski definition) is 2. The number of benzene rings is 1. The van der Waals surface area contributed by atoms with Crippen molar-refractivity contribution in [3.05, 3.63) is 34.6 Å². The summed E-state index contributed by atoms with van der Waals surface area (Å²) in [4.78, 5) is 28.0. The Labute approximate surface area is 158 Å². The molecule has 1 aliphatic heterocycles. The van der Waals surface area contributed by atoms with Gasteiger partial charge < -0.3 is 15.1 Å². The molecule has 1 saturated heterocycles. The van der Waals surface area contributed by atoms with E-state index in [1.807, 2.05) is 0 Å². The molecule has 1 aromatic carbocycles. The van der Waals surface area contributed by atoms with Crippen LogP contribution in [0, 0.1) is 5.82 Å². The number of halogens is 2. The van der Waals surface area contributed by atoms with Gasteiger partial charge in [-0.1, -0.05) is 43.4 Å². The van der Waals surface area contributed by atoms with Gasteiger partial charge in [-0.15, -0.1) is 0 Å². The summed E-state index contributed by atoms with van der Waals surface area (Å²) < 4.78 is 13.1. The van der Waals surface area contributed by atoms with Crippen molar-refractivity contribution in [2.45, 2.75) is 51.1 Å². The number of hydrogen-bond donors (Lipinski definition) is 1. The first-order chi connectivity index (χ1) is 12.5. The molecule has 7 heteroatoms. The van der Waals surface area contributed by atoms with Crippen LogP contribution >= 0.6 is 11.6 Å². The largest absolute Gasteiger partial charge is 0.352 e. The highest BCUT2D eigenvalue weighted by Gasteiger charge is 2.30. The van der Waals surface area contributed by atoms with E-state index in [2.05, 4.69) is 5.32 Å². The summed E-state index contributed by atoms with van der Waals surface area (Å²) in [6.07, 6.45) is 6.82. The lowest BCUT2D eigenvalue weighted by atomic mass is 10.1. The molecule has 1 saturated carbocycles. The lowest BCUT2D eigenvalue weighted by molar-refractivity contribution is -0.122. The highest BCUT2D eigenvalue weighted by molar-refractivity contribution is 6.31. The molecule has 1 aliphatic carbocycles. The molecule has 3 amide bonds. The lowest BCUT2D eigenvalue weighted by Gasteiger charge is -2.21.